The molecule has 6 rings (SSSR count). The number of halogens is 2. The summed E-state index contributed by atoms with van der Waals surface area (Å²) in [5.41, 5.74) is 3.57. The number of hydrogen-bond donors (Lipinski definition) is 3. The van der Waals surface area contributed by atoms with Crippen LogP contribution < -0.4 is 10.6 Å². The highest BCUT2D eigenvalue weighted by molar-refractivity contribution is 6.01. The van der Waals surface area contributed by atoms with Gasteiger partial charge in [-0.2, -0.15) is 9.97 Å². The van der Waals surface area contributed by atoms with E-state index in [9.17, 15) is 8.78 Å². The van der Waals surface area contributed by atoms with Crippen LogP contribution in [0.5, 0.6) is 0 Å². The summed E-state index contributed by atoms with van der Waals surface area (Å²) in [6.07, 6.45) is 3.38. The van der Waals surface area contributed by atoms with Gasteiger partial charge in [0, 0.05) is 81.1 Å². The first kappa shape index (κ1) is 25.7. The van der Waals surface area contributed by atoms with E-state index in [1.807, 2.05) is 12.1 Å². The number of aromatic nitrogens is 3. The maximum atomic E-state index is 14.7. The van der Waals surface area contributed by atoms with Crippen molar-refractivity contribution in [3.8, 4) is 11.1 Å². The van der Waals surface area contributed by atoms with E-state index in [0.29, 0.717) is 41.6 Å². The molecule has 4 aromatic rings. The van der Waals surface area contributed by atoms with Crippen LogP contribution in [-0.4, -0.2) is 77.2 Å². The Labute approximate surface area is 226 Å². The highest BCUT2D eigenvalue weighted by Gasteiger charge is 2.21. The van der Waals surface area contributed by atoms with E-state index in [1.165, 1.54) is 17.7 Å². The highest BCUT2D eigenvalue weighted by atomic mass is 19.1. The predicted octanol–water partition coefficient (Wildman–Crippen LogP) is 4.99. The molecule has 39 heavy (non-hydrogen) atoms. The van der Waals surface area contributed by atoms with Gasteiger partial charge < -0.3 is 25.3 Å². The van der Waals surface area contributed by atoms with Crippen LogP contribution in [0.3, 0.4) is 0 Å². The normalized spacial score (nSPS) is 17.5. The van der Waals surface area contributed by atoms with Crippen molar-refractivity contribution >= 4 is 28.5 Å². The SMILES string of the molecule is CN1CCN(Cc2ccc(Nc3nc(NC4CCOCC4)c4c(-c5ccc(F)cc5F)c[nH]c4n3)cc2)CC1. The van der Waals surface area contributed by atoms with E-state index in [0.717, 1.165) is 57.3 Å². The van der Waals surface area contributed by atoms with E-state index >= 15 is 0 Å². The number of H-pyrrole nitrogens is 1. The summed E-state index contributed by atoms with van der Waals surface area (Å²) in [5, 5.41) is 7.53. The third-order valence-electron chi connectivity index (χ3n) is 7.53. The minimum atomic E-state index is -0.633. The Morgan fingerprint density at radius 1 is 0.974 bits per heavy atom. The lowest BCUT2D eigenvalue weighted by Crippen LogP contribution is -2.43. The summed E-state index contributed by atoms with van der Waals surface area (Å²) in [7, 11) is 2.16. The molecular formula is C29H33F2N7O. The van der Waals surface area contributed by atoms with Crippen molar-refractivity contribution < 1.29 is 13.5 Å². The third kappa shape index (κ3) is 5.88. The number of benzene rings is 2. The van der Waals surface area contributed by atoms with Crippen LogP contribution in [0.2, 0.25) is 0 Å². The van der Waals surface area contributed by atoms with Crippen LogP contribution in [0, 0.1) is 11.6 Å². The summed E-state index contributed by atoms with van der Waals surface area (Å²) >= 11 is 0. The molecule has 2 aromatic carbocycles. The lowest BCUT2D eigenvalue weighted by molar-refractivity contribution is 0.0904. The first-order valence-electron chi connectivity index (χ1n) is 13.5. The summed E-state index contributed by atoms with van der Waals surface area (Å²) in [4.78, 5) is 17.5. The third-order valence-corrected chi connectivity index (χ3v) is 7.53. The van der Waals surface area contributed by atoms with E-state index in [4.69, 9.17) is 9.72 Å². The number of nitrogens with zero attached hydrogens (tertiary/aromatic N) is 4. The Morgan fingerprint density at radius 3 is 2.49 bits per heavy atom. The van der Waals surface area contributed by atoms with Gasteiger partial charge in [0.25, 0.3) is 0 Å². The molecule has 2 aliphatic heterocycles. The first-order chi connectivity index (χ1) is 19.0. The van der Waals surface area contributed by atoms with Crippen LogP contribution >= 0.6 is 0 Å². The molecule has 10 heteroatoms. The molecule has 0 saturated carbocycles. The van der Waals surface area contributed by atoms with Crippen molar-refractivity contribution in [3.05, 3.63) is 65.9 Å². The van der Waals surface area contributed by atoms with Gasteiger partial charge in [-0.25, -0.2) is 8.78 Å². The molecule has 0 unspecified atom stereocenters. The molecule has 2 aliphatic rings. The molecule has 204 valence electrons. The van der Waals surface area contributed by atoms with Gasteiger partial charge in [-0.3, -0.25) is 4.90 Å². The summed E-state index contributed by atoms with van der Waals surface area (Å²) < 4.78 is 33.9. The minimum absolute atomic E-state index is 0.166. The molecule has 0 spiro atoms. The number of rotatable bonds is 7. The summed E-state index contributed by atoms with van der Waals surface area (Å²) in [6, 6.07) is 12.1. The fourth-order valence-electron chi connectivity index (χ4n) is 5.24. The van der Waals surface area contributed by atoms with E-state index < -0.39 is 11.6 Å². The molecule has 3 N–H and O–H groups in total. The van der Waals surface area contributed by atoms with E-state index in [2.05, 4.69) is 49.6 Å². The lowest BCUT2D eigenvalue weighted by atomic mass is 10.0. The summed E-state index contributed by atoms with van der Waals surface area (Å²) in [6.45, 7) is 6.62. The van der Waals surface area contributed by atoms with Gasteiger partial charge >= 0.3 is 0 Å². The van der Waals surface area contributed by atoms with Crippen LogP contribution in [0.1, 0.15) is 18.4 Å². The second-order valence-corrected chi connectivity index (χ2v) is 10.4. The maximum Gasteiger partial charge on any atom is 0.231 e. The quantitative estimate of drug-likeness (QED) is 0.309. The van der Waals surface area contributed by atoms with Crippen LogP contribution in [0.15, 0.2) is 48.7 Å². The fourth-order valence-corrected chi connectivity index (χ4v) is 5.24. The number of aromatic amines is 1. The topological polar surface area (TPSA) is 81.3 Å². The smallest absolute Gasteiger partial charge is 0.231 e. The number of piperazine rings is 1. The molecular weight excluding hydrogens is 500 g/mol. The average Bonchev–Trinajstić information content (AvgIpc) is 3.36. The van der Waals surface area contributed by atoms with E-state index in [-0.39, 0.29) is 11.6 Å². The zero-order chi connectivity index (χ0) is 26.8. The van der Waals surface area contributed by atoms with Crippen molar-refractivity contribution in [1.29, 1.82) is 0 Å². The van der Waals surface area contributed by atoms with Crippen LogP contribution in [-0.2, 0) is 11.3 Å². The molecule has 4 heterocycles. The number of anilines is 3. The van der Waals surface area contributed by atoms with Gasteiger partial charge in [0.2, 0.25) is 5.95 Å². The molecule has 0 bridgehead atoms. The van der Waals surface area contributed by atoms with Crippen molar-refractivity contribution in [2.45, 2.75) is 25.4 Å². The van der Waals surface area contributed by atoms with Gasteiger partial charge in [-0.15, -0.1) is 0 Å². The lowest BCUT2D eigenvalue weighted by Gasteiger charge is -2.32. The van der Waals surface area contributed by atoms with Crippen LogP contribution in [0.4, 0.5) is 26.2 Å². The predicted molar refractivity (Wildman–Crippen MR) is 149 cm³/mol. The Hall–Kier alpha value is -3.60. The molecule has 2 saturated heterocycles. The van der Waals surface area contributed by atoms with Crippen molar-refractivity contribution in [3.63, 3.8) is 0 Å². The molecule has 0 atom stereocenters. The second kappa shape index (κ2) is 11.3. The van der Waals surface area contributed by atoms with Gasteiger partial charge in [-0.05, 0) is 49.7 Å². The first-order valence-corrected chi connectivity index (χ1v) is 13.5. The van der Waals surface area contributed by atoms with Gasteiger partial charge in [0.05, 0.1) is 5.39 Å². The zero-order valence-corrected chi connectivity index (χ0v) is 22.0. The molecule has 2 aromatic heterocycles. The monoisotopic (exact) mass is 533 g/mol. The number of likely N-dealkylation sites (N-methyl/N-ethyl adjacent to an activating group) is 1. The average molecular weight is 534 g/mol. The van der Waals surface area contributed by atoms with Gasteiger partial charge in [0.15, 0.2) is 0 Å². The Bertz CT molecular complexity index is 1430. The van der Waals surface area contributed by atoms with Crippen molar-refractivity contribution in [1.82, 2.24) is 24.8 Å². The number of fused-ring (bicyclic) bond motifs is 1. The molecule has 2 fully saturated rings. The van der Waals surface area contributed by atoms with E-state index in [1.54, 1.807) is 6.20 Å². The molecule has 0 aliphatic carbocycles. The molecule has 0 radical (unpaired) electrons. The van der Waals surface area contributed by atoms with Gasteiger partial charge in [0.1, 0.15) is 23.1 Å². The zero-order valence-electron chi connectivity index (χ0n) is 22.0. The molecule has 8 nitrogen and oxygen atoms in total. The van der Waals surface area contributed by atoms with Crippen LogP contribution in [0.25, 0.3) is 22.2 Å². The number of hydrogen-bond acceptors (Lipinski definition) is 7. The van der Waals surface area contributed by atoms with Gasteiger partial charge in [-0.1, -0.05) is 12.1 Å². The second-order valence-electron chi connectivity index (χ2n) is 10.4. The highest BCUT2D eigenvalue weighted by Crippen LogP contribution is 2.36. The Morgan fingerprint density at radius 2 is 1.74 bits per heavy atom. The maximum absolute atomic E-state index is 14.7. The fraction of sp³-hybridized carbons (Fsp3) is 0.379. The largest absolute Gasteiger partial charge is 0.381 e. The number of ether oxygens (including phenoxy) is 1. The standard InChI is InChI=1S/C29H33F2N7O/c1-37-10-12-38(13-11-37)18-19-2-5-21(6-3-19)34-29-35-27-26(28(36-29)33-22-8-14-39-15-9-22)24(17-32-27)23-7-4-20(30)16-25(23)31/h2-7,16-17,22H,8-15,18H2,1H3,(H3,32,33,34,35,36). The minimum Gasteiger partial charge on any atom is -0.381 e. The molecule has 0 amide bonds. The number of nitrogens with one attached hydrogen (secondary N) is 3. The van der Waals surface area contributed by atoms with Crippen molar-refractivity contribution in [2.24, 2.45) is 0 Å². The Kier molecular flexibility index (Phi) is 7.40. The Balaban J connectivity index is 1.27. The van der Waals surface area contributed by atoms with Crippen molar-refractivity contribution in [2.75, 3.05) is 57.1 Å². The summed E-state index contributed by atoms with van der Waals surface area (Å²) in [5.74, 6) is -0.223.